The lowest BCUT2D eigenvalue weighted by Gasteiger charge is -2.24. The van der Waals surface area contributed by atoms with E-state index in [1.54, 1.807) is 20.8 Å². The van der Waals surface area contributed by atoms with Crippen LogP contribution in [0.15, 0.2) is 12.3 Å². The highest BCUT2D eigenvalue weighted by atomic mass is 35.5. The monoisotopic (exact) mass is 258 g/mol. The number of carbonyl (C=O) groups excluding carboxylic acids is 1. The standard InChI is InChI=1S/C11H15ClN2O3/c1-11(2,3)17-10(16)14(4)8-5-7(15)6-13-9(8)12/h5-6,15H,1-4H3. The third kappa shape index (κ3) is 3.78. The molecule has 0 aromatic carbocycles. The Labute approximate surface area is 105 Å². The Morgan fingerprint density at radius 1 is 1.53 bits per heavy atom. The quantitative estimate of drug-likeness (QED) is 0.787. The topological polar surface area (TPSA) is 62.7 Å². The lowest BCUT2D eigenvalue weighted by molar-refractivity contribution is 0.0589. The smallest absolute Gasteiger partial charge is 0.414 e. The van der Waals surface area contributed by atoms with Crippen LogP contribution in [0.25, 0.3) is 0 Å². The van der Waals surface area contributed by atoms with Crippen LogP contribution in [0, 0.1) is 0 Å². The minimum absolute atomic E-state index is 0.0696. The molecular weight excluding hydrogens is 244 g/mol. The Morgan fingerprint density at radius 3 is 2.65 bits per heavy atom. The van der Waals surface area contributed by atoms with Crippen molar-refractivity contribution in [3.63, 3.8) is 0 Å². The molecule has 0 atom stereocenters. The van der Waals surface area contributed by atoms with Crippen molar-refractivity contribution in [1.29, 1.82) is 0 Å². The summed E-state index contributed by atoms with van der Waals surface area (Å²) in [6.45, 7) is 5.29. The first kappa shape index (κ1) is 13.6. The number of rotatable bonds is 1. The number of nitrogens with zero attached hydrogens (tertiary/aromatic N) is 2. The van der Waals surface area contributed by atoms with Crippen LogP contribution < -0.4 is 4.90 Å². The number of ether oxygens (including phenoxy) is 1. The Morgan fingerprint density at radius 2 is 2.12 bits per heavy atom. The van der Waals surface area contributed by atoms with Crippen LogP contribution in [0.4, 0.5) is 10.5 Å². The molecule has 94 valence electrons. The van der Waals surface area contributed by atoms with Crippen LogP contribution in [0.1, 0.15) is 20.8 Å². The highest BCUT2D eigenvalue weighted by Gasteiger charge is 2.22. The van der Waals surface area contributed by atoms with E-state index in [-0.39, 0.29) is 10.9 Å². The summed E-state index contributed by atoms with van der Waals surface area (Å²) in [5.74, 6) is -0.0696. The molecule has 1 aromatic heterocycles. The fourth-order valence-electron chi connectivity index (χ4n) is 1.09. The molecule has 6 heteroatoms. The predicted molar refractivity (Wildman–Crippen MR) is 65.5 cm³/mol. The number of aromatic nitrogens is 1. The van der Waals surface area contributed by atoms with Gasteiger partial charge in [-0.2, -0.15) is 0 Å². The zero-order valence-electron chi connectivity index (χ0n) is 10.2. The number of pyridine rings is 1. The average molecular weight is 259 g/mol. The second-order valence-corrected chi connectivity index (χ2v) is 4.90. The molecule has 0 radical (unpaired) electrons. The molecule has 0 unspecified atom stereocenters. The fourth-order valence-corrected chi connectivity index (χ4v) is 1.32. The van der Waals surface area contributed by atoms with Gasteiger partial charge in [-0.15, -0.1) is 0 Å². The number of amides is 1. The Kier molecular flexibility index (Phi) is 3.83. The van der Waals surface area contributed by atoms with Crippen molar-refractivity contribution in [2.45, 2.75) is 26.4 Å². The highest BCUT2D eigenvalue weighted by molar-refractivity contribution is 6.32. The SMILES string of the molecule is CN(C(=O)OC(C)(C)C)c1cc(O)cnc1Cl. The van der Waals surface area contributed by atoms with E-state index in [4.69, 9.17) is 16.3 Å². The van der Waals surface area contributed by atoms with Gasteiger partial charge >= 0.3 is 6.09 Å². The summed E-state index contributed by atoms with van der Waals surface area (Å²) >= 11 is 5.83. The molecule has 1 heterocycles. The Hall–Kier alpha value is -1.49. The van der Waals surface area contributed by atoms with Gasteiger partial charge in [-0.25, -0.2) is 9.78 Å². The minimum Gasteiger partial charge on any atom is -0.506 e. The van der Waals surface area contributed by atoms with Gasteiger partial charge < -0.3 is 9.84 Å². The molecule has 17 heavy (non-hydrogen) atoms. The van der Waals surface area contributed by atoms with Gasteiger partial charge in [0.1, 0.15) is 11.4 Å². The second kappa shape index (κ2) is 4.79. The minimum atomic E-state index is -0.595. The third-order valence-corrected chi connectivity index (χ3v) is 2.13. The molecule has 1 N–H and O–H groups in total. The zero-order chi connectivity index (χ0) is 13.2. The molecular formula is C11H15ClN2O3. The predicted octanol–water partition coefficient (Wildman–Crippen LogP) is 2.81. The van der Waals surface area contributed by atoms with E-state index >= 15 is 0 Å². The van der Waals surface area contributed by atoms with Gasteiger partial charge in [-0.3, -0.25) is 4.90 Å². The van der Waals surface area contributed by atoms with Gasteiger partial charge in [-0.1, -0.05) is 11.6 Å². The van der Waals surface area contributed by atoms with Gasteiger partial charge in [0.25, 0.3) is 0 Å². The van der Waals surface area contributed by atoms with Crippen molar-refractivity contribution < 1.29 is 14.6 Å². The van der Waals surface area contributed by atoms with Crippen LogP contribution in [-0.4, -0.2) is 28.8 Å². The molecule has 1 rings (SSSR count). The first-order valence-electron chi connectivity index (χ1n) is 5.02. The molecule has 0 saturated carbocycles. The van der Waals surface area contributed by atoms with Crippen LogP contribution in [0.3, 0.4) is 0 Å². The number of hydrogen-bond donors (Lipinski definition) is 1. The lowest BCUT2D eigenvalue weighted by atomic mass is 10.2. The summed E-state index contributed by atoms with van der Waals surface area (Å²) in [6, 6.07) is 1.35. The summed E-state index contributed by atoms with van der Waals surface area (Å²) in [7, 11) is 1.50. The maximum Gasteiger partial charge on any atom is 0.414 e. The van der Waals surface area contributed by atoms with E-state index in [1.807, 2.05) is 0 Å². The van der Waals surface area contributed by atoms with Crippen molar-refractivity contribution in [3.8, 4) is 5.75 Å². The number of carbonyl (C=O) groups is 1. The zero-order valence-corrected chi connectivity index (χ0v) is 10.9. The van der Waals surface area contributed by atoms with E-state index in [1.165, 1.54) is 24.2 Å². The molecule has 0 saturated heterocycles. The van der Waals surface area contributed by atoms with E-state index in [0.29, 0.717) is 5.69 Å². The molecule has 0 spiro atoms. The second-order valence-electron chi connectivity index (χ2n) is 4.54. The molecule has 0 aliphatic heterocycles. The largest absolute Gasteiger partial charge is 0.506 e. The normalized spacial score (nSPS) is 11.1. The van der Waals surface area contributed by atoms with Gasteiger partial charge in [0.15, 0.2) is 5.15 Å². The van der Waals surface area contributed by atoms with Crippen molar-refractivity contribution in [2.75, 3.05) is 11.9 Å². The van der Waals surface area contributed by atoms with Gasteiger partial charge in [0.2, 0.25) is 0 Å². The number of anilines is 1. The molecule has 0 fully saturated rings. The van der Waals surface area contributed by atoms with E-state index in [9.17, 15) is 9.90 Å². The van der Waals surface area contributed by atoms with Gasteiger partial charge in [0.05, 0.1) is 11.9 Å². The molecule has 1 amide bonds. The Balaban J connectivity index is 2.92. The van der Waals surface area contributed by atoms with E-state index in [0.717, 1.165) is 0 Å². The maximum absolute atomic E-state index is 11.8. The molecule has 0 bridgehead atoms. The van der Waals surface area contributed by atoms with E-state index in [2.05, 4.69) is 4.98 Å². The van der Waals surface area contributed by atoms with Crippen molar-refractivity contribution in [1.82, 2.24) is 4.98 Å². The van der Waals surface area contributed by atoms with Crippen LogP contribution in [0.5, 0.6) is 5.75 Å². The summed E-state index contributed by atoms with van der Waals surface area (Å²) in [5.41, 5.74) is -0.303. The lowest BCUT2D eigenvalue weighted by Crippen LogP contribution is -2.34. The maximum atomic E-state index is 11.8. The number of aromatic hydroxyl groups is 1. The molecule has 0 aliphatic rings. The third-order valence-electron chi connectivity index (χ3n) is 1.83. The van der Waals surface area contributed by atoms with Crippen LogP contribution >= 0.6 is 11.6 Å². The number of halogens is 1. The molecule has 1 aromatic rings. The summed E-state index contributed by atoms with van der Waals surface area (Å²) in [4.78, 5) is 16.7. The van der Waals surface area contributed by atoms with Crippen molar-refractivity contribution in [2.24, 2.45) is 0 Å². The van der Waals surface area contributed by atoms with Gasteiger partial charge in [0, 0.05) is 13.1 Å². The molecule has 5 nitrogen and oxygen atoms in total. The van der Waals surface area contributed by atoms with E-state index < -0.39 is 11.7 Å². The Bertz CT molecular complexity index is 429. The van der Waals surface area contributed by atoms with Gasteiger partial charge in [-0.05, 0) is 20.8 Å². The average Bonchev–Trinajstić information content (AvgIpc) is 2.18. The molecule has 0 aliphatic carbocycles. The van der Waals surface area contributed by atoms with Crippen molar-refractivity contribution in [3.05, 3.63) is 17.4 Å². The van der Waals surface area contributed by atoms with Crippen LogP contribution in [-0.2, 0) is 4.74 Å². The summed E-state index contributed by atoms with van der Waals surface area (Å²) in [5, 5.41) is 9.42. The number of hydrogen-bond acceptors (Lipinski definition) is 4. The fraction of sp³-hybridized carbons (Fsp3) is 0.455. The summed E-state index contributed by atoms with van der Waals surface area (Å²) in [6.07, 6.45) is 0.640. The first-order chi connectivity index (χ1) is 7.70. The summed E-state index contributed by atoms with van der Waals surface area (Å²) < 4.78 is 5.17. The highest BCUT2D eigenvalue weighted by Crippen LogP contribution is 2.27. The first-order valence-corrected chi connectivity index (χ1v) is 5.40. The van der Waals surface area contributed by atoms with Crippen LogP contribution in [0.2, 0.25) is 5.15 Å². The van der Waals surface area contributed by atoms with Crippen molar-refractivity contribution >= 4 is 23.4 Å².